The average Bonchev–Trinajstić information content (AvgIpc) is 3.48. The smallest absolute Gasteiger partial charge is 0.354 e. The van der Waals surface area contributed by atoms with E-state index in [-0.39, 0.29) is 11.9 Å². The van der Waals surface area contributed by atoms with Crippen LogP contribution in [-0.4, -0.2) is 34.7 Å². The molecule has 0 atom stereocenters. The van der Waals surface area contributed by atoms with E-state index in [2.05, 4.69) is 4.98 Å². The maximum atomic E-state index is 12.2. The van der Waals surface area contributed by atoms with Gasteiger partial charge < -0.3 is 19.0 Å². The lowest BCUT2D eigenvalue weighted by Crippen LogP contribution is -2.12. The van der Waals surface area contributed by atoms with Gasteiger partial charge in [-0.2, -0.15) is 0 Å². The summed E-state index contributed by atoms with van der Waals surface area (Å²) >= 11 is 5.93. The van der Waals surface area contributed by atoms with Crippen LogP contribution in [0.3, 0.4) is 0 Å². The summed E-state index contributed by atoms with van der Waals surface area (Å²) in [7, 11) is 0. The molecule has 0 unspecified atom stereocenters. The topological polar surface area (TPSA) is 73.3 Å². The summed E-state index contributed by atoms with van der Waals surface area (Å²) in [6.07, 6.45) is 0. The third kappa shape index (κ3) is 5.78. The highest BCUT2D eigenvalue weighted by molar-refractivity contribution is 6.30. The highest BCUT2D eigenvalue weighted by Crippen LogP contribution is 2.22. The monoisotopic (exact) mass is 502 g/mol. The largest absolute Gasteiger partial charge is 0.461 e. The molecule has 36 heavy (non-hydrogen) atoms. The summed E-state index contributed by atoms with van der Waals surface area (Å²) in [4.78, 5) is 26.6. The fourth-order valence-corrected chi connectivity index (χ4v) is 4.05. The standard InChI is InChI=1S/C18H16ClNO2.C11H11NO2/c1-2-22-18(21)17-11-14-5-3-4-6-16(14)20(17)12-13-7-9-15(19)10-8-13;1-2-14-11(13)10-7-8-5-3-4-6-9(8)12-10/h3-11H,2,12H2,1H3;3-7,12H,2H2,1H3. The Kier molecular flexibility index (Phi) is 8.08. The number of rotatable bonds is 6. The van der Waals surface area contributed by atoms with Crippen molar-refractivity contribution in [3.63, 3.8) is 0 Å². The van der Waals surface area contributed by atoms with Gasteiger partial charge in [0.2, 0.25) is 0 Å². The van der Waals surface area contributed by atoms with E-state index in [1.165, 1.54) is 0 Å². The van der Waals surface area contributed by atoms with Gasteiger partial charge in [0.1, 0.15) is 11.4 Å². The molecule has 0 amide bonds. The van der Waals surface area contributed by atoms with Gasteiger partial charge in [-0.3, -0.25) is 0 Å². The SMILES string of the molecule is CCOC(=O)c1cc2ccccc2[nH]1.CCOC(=O)c1cc2ccccc2n1Cc1ccc(Cl)cc1. The molecule has 0 fully saturated rings. The van der Waals surface area contributed by atoms with Crippen molar-refractivity contribution < 1.29 is 19.1 Å². The van der Waals surface area contributed by atoms with Crippen molar-refractivity contribution in [2.45, 2.75) is 20.4 Å². The number of carbonyl (C=O) groups excluding carboxylic acids is 2. The molecule has 0 saturated carbocycles. The van der Waals surface area contributed by atoms with Crippen LogP contribution >= 0.6 is 11.6 Å². The molecular weight excluding hydrogens is 476 g/mol. The zero-order chi connectivity index (χ0) is 25.5. The first-order valence-corrected chi connectivity index (χ1v) is 12.1. The molecule has 3 aromatic carbocycles. The molecule has 0 bridgehead atoms. The van der Waals surface area contributed by atoms with Gasteiger partial charge in [0.15, 0.2) is 0 Å². The van der Waals surface area contributed by atoms with Gasteiger partial charge in [-0.15, -0.1) is 0 Å². The molecule has 2 heterocycles. The summed E-state index contributed by atoms with van der Waals surface area (Å²) in [6.45, 7) is 4.96. The molecule has 0 aliphatic carbocycles. The van der Waals surface area contributed by atoms with E-state index in [9.17, 15) is 9.59 Å². The molecule has 0 spiro atoms. The summed E-state index contributed by atoms with van der Waals surface area (Å²) in [5.41, 5.74) is 4.12. The molecule has 5 rings (SSSR count). The highest BCUT2D eigenvalue weighted by Gasteiger charge is 2.16. The number of aromatic amines is 1. The van der Waals surface area contributed by atoms with Crippen LogP contribution in [0.15, 0.2) is 84.9 Å². The van der Waals surface area contributed by atoms with Gasteiger partial charge in [-0.25, -0.2) is 9.59 Å². The Labute approximate surface area is 214 Å². The van der Waals surface area contributed by atoms with Crippen molar-refractivity contribution in [3.05, 3.63) is 107 Å². The van der Waals surface area contributed by atoms with Gasteiger partial charge in [-0.05, 0) is 55.8 Å². The number of carbonyl (C=O) groups is 2. The number of para-hydroxylation sites is 2. The van der Waals surface area contributed by atoms with E-state index in [4.69, 9.17) is 21.1 Å². The minimum absolute atomic E-state index is 0.298. The first kappa shape index (κ1) is 25.1. The number of fused-ring (bicyclic) bond motifs is 2. The quantitative estimate of drug-likeness (QED) is 0.257. The zero-order valence-electron chi connectivity index (χ0n) is 20.2. The van der Waals surface area contributed by atoms with E-state index >= 15 is 0 Å². The van der Waals surface area contributed by atoms with Crippen molar-refractivity contribution in [1.82, 2.24) is 9.55 Å². The molecule has 2 aromatic heterocycles. The minimum Gasteiger partial charge on any atom is -0.461 e. The number of nitrogens with zero attached hydrogens (tertiary/aromatic N) is 1. The number of nitrogens with one attached hydrogen (secondary N) is 1. The van der Waals surface area contributed by atoms with Crippen LogP contribution in [0.5, 0.6) is 0 Å². The summed E-state index contributed by atoms with van der Waals surface area (Å²) in [5.74, 6) is -0.601. The molecule has 184 valence electrons. The van der Waals surface area contributed by atoms with E-state index in [0.717, 1.165) is 27.4 Å². The Balaban J connectivity index is 0.000000187. The number of benzene rings is 3. The number of hydrogen-bond acceptors (Lipinski definition) is 4. The number of H-pyrrole nitrogens is 1. The minimum atomic E-state index is -0.302. The molecule has 0 aliphatic heterocycles. The van der Waals surface area contributed by atoms with Crippen LogP contribution < -0.4 is 0 Å². The Morgan fingerprint density at radius 1 is 0.806 bits per heavy atom. The summed E-state index contributed by atoms with van der Waals surface area (Å²) in [5, 5.41) is 2.75. The second-order valence-corrected chi connectivity index (χ2v) is 8.45. The van der Waals surface area contributed by atoms with Crippen molar-refractivity contribution >= 4 is 45.3 Å². The third-order valence-electron chi connectivity index (χ3n) is 5.57. The highest BCUT2D eigenvalue weighted by atomic mass is 35.5. The number of ether oxygens (including phenoxy) is 2. The predicted molar refractivity (Wildman–Crippen MR) is 143 cm³/mol. The van der Waals surface area contributed by atoms with Gasteiger partial charge in [0.05, 0.1) is 13.2 Å². The van der Waals surface area contributed by atoms with Crippen molar-refractivity contribution in [1.29, 1.82) is 0 Å². The zero-order valence-corrected chi connectivity index (χ0v) is 20.9. The first-order chi connectivity index (χ1) is 17.5. The lowest BCUT2D eigenvalue weighted by atomic mass is 10.2. The van der Waals surface area contributed by atoms with Crippen LogP contribution in [0.4, 0.5) is 0 Å². The van der Waals surface area contributed by atoms with Crippen LogP contribution in [-0.2, 0) is 16.0 Å². The first-order valence-electron chi connectivity index (χ1n) is 11.7. The summed E-state index contributed by atoms with van der Waals surface area (Å²) in [6, 6.07) is 27.0. The van der Waals surface area contributed by atoms with Crippen molar-refractivity contribution in [3.8, 4) is 0 Å². The number of aromatic nitrogens is 2. The average molecular weight is 503 g/mol. The normalized spacial score (nSPS) is 10.6. The molecule has 0 radical (unpaired) electrons. The number of hydrogen-bond donors (Lipinski definition) is 1. The van der Waals surface area contributed by atoms with Gasteiger partial charge in [0, 0.05) is 33.4 Å². The molecule has 0 aliphatic rings. The molecule has 6 nitrogen and oxygen atoms in total. The molecule has 5 aromatic rings. The Morgan fingerprint density at radius 2 is 1.44 bits per heavy atom. The van der Waals surface area contributed by atoms with Crippen molar-refractivity contribution in [2.75, 3.05) is 13.2 Å². The Morgan fingerprint density at radius 3 is 2.14 bits per heavy atom. The van der Waals surface area contributed by atoms with Crippen LogP contribution in [0.25, 0.3) is 21.8 Å². The van der Waals surface area contributed by atoms with E-state index < -0.39 is 0 Å². The molecule has 0 saturated heterocycles. The maximum absolute atomic E-state index is 12.2. The lowest BCUT2D eigenvalue weighted by molar-refractivity contribution is 0.0508. The number of esters is 2. The lowest BCUT2D eigenvalue weighted by Gasteiger charge is -2.10. The molecule has 1 N–H and O–H groups in total. The van der Waals surface area contributed by atoms with Gasteiger partial charge in [0.25, 0.3) is 0 Å². The Bertz CT molecular complexity index is 1450. The maximum Gasteiger partial charge on any atom is 0.354 e. The second kappa shape index (κ2) is 11.6. The number of halogens is 1. The molecule has 7 heteroatoms. The molecular formula is C29H27ClN2O4. The fourth-order valence-electron chi connectivity index (χ4n) is 3.92. The fraction of sp³-hybridized carbons (Fsp3) is 0.172. The van der Waals surface area contributed by atoms with Crippen LogP contribution in [0.1, 0.15) is 40.4 Å². The second-order valence-electron chi connectivity index (χ2n) is 8.01. The van der Waals surface area contributed by atoms with E-state index in [0.29, 0.717) is 36.2 Å². The van der Waals surface area contributed by atoms with E-state index in [1.54, 1.807) is 13.0 Å². The predicted octanol–water partition coefficient (Wildman–Crippen LogP) is 6.86. The van der Waals surface area contributed by atoms with Gasteiger partial charge in [-0.1, -0.05) is 60.1 Å². The third-order valence-corrected chi connectivity index (χ3v) is 5.83. The van der Waals surface area contributed by atoms with Crippen LogP contribution in [0.2, 0.25) is 5.02 Å². The summed E-state index contributed by atoms with van der Waals surface area (Å²) < 4.78 is 12.0. The van der Waals surface area contributed by atoms with Crippen LogP contribution in [0, 0.1) is 0 Å². The van der Waals surface area contributed by atoms with Crippen molar-refractivity contribution in [2.24, 2.45) is 0 Å². The van der Waals surface area contributed by atoms with Gasteiger partial charge >= 0.3 is 11.9 Å². The Hall–Kier alpha value is -4.03. The van der Waals surface area contributed by atoms with E-state index in [1.807, 2.05) is 90.4 Å².